The second-order valence-corrected chi connectivity index (χ2v) is 16.5. The van der Waals surface area contributed by atoms with Gasteiger partial charge in [0.05, 0.1) is 22.0 Å². The molecule has 3 N–H and O–H groups in total. The molecule has 2 aromatic heterocycles. The lowest BCUT2D eigenvalue weighted by Gasteiger charge is -2.37. The largest absolute Gasteiger partial charge is 0.444 e. The predicted octanol–water partition coefficient (Wildman–Crippen LogP) is 7.87. The van der Waals surface area contributed by atoms with Gasteiger partial charge in [0.2, 0.25) is 0 Å². The number of pyridine rings is 1. The van der Waals surface area contributed by atoms with Crippen LogP contribution in [0.5, 0.6) is 0 Å². The first-order chi connectivity index (χ1) is 23.5. The van der Waals surface area contributed by atoms with Crippen molar-refractivity contribution < 1.29 is 26.9 Å². The van der Waals surface area contributed by atoms with E-state index in [4.69, 9.17) is 4.74 Å². The molecule has 276 valence electrons. The molecule has 2 atom stereocenters. The SMILES string of the molecule is C1CCCCC1.C=C1CN(S(=O)c2ccc(N3CCC[C@H](NC(=O)OC(C)(C)C)C3)nc2)CCN1c1cc(-c2ccccc2)sc1C(C)=O.O.[HH].[HH]. The first kappa shape index (κ1) is 39.2. The molecule has 3 fully saturated rings. The summed E-state index contributed by atoms with van der Waals surface area (Å²) in [6.45, 7) is 14.4. The zero-order valence-electron chi connectivity index (χ0n) is 29.9. The number of thiophene rings is 1. The number of carbonyl (C=O) groups is 2. The van der Waals surface area contributed by atoms with Gasteiger partial charge in [0.1, 0.15) is 22.4 Å². The van der Waals surface area contributed by atoms with Crippen molar-refractivity contribution in [2.75, 3.05) is 42.5 Å². The molecule has 1 aromatic carbocycles. The number of hydrogen-bond acceptors (Lipinski definition) is 8. The molecule has 12 heteroatoms. The highest BCUT2D eigenvalue weighted by Gasteiger charge is 2.29. The Balaban J connectivity index is 0.000000946. The van der Waals surface area contributed by atoms with E-state index in [-0.39, 0.29) is 20.2 Å². The summed E-state index contributed by atoms with van der Waals surface area (Å²) in [6.07, 6.45) is 12.1. The van der Waals surface area contributed by atoms with E-state index in [2.05, 4.69) is 32.7 Å². The fourth-order valence-electron chi connectivity index (χ4n) is 6.40. The minimum absolute atomic E-state index is 0. The first-order valence-corrected chi connectivity index (χ1v) is 19.4. The van der Waals surface area contributed by atoms with Gasteiger partial charge in [0.25, 0.3) is 0 Å². The molecule has 1 aliphatic carbocycles. The third kappa shape index (κ3) is 10.7. The maximum absolute atomic E-state index is 13.5. The number of alkyl carbamates (subject to hydrolysis) is 1. The van der Waals surface area contributed by atoms with Crippen LogP contribution in [-0.4, -0.2) is 75.2 Å². The minimum atomic E-state index is -1.41. The van der Waals surface area contributed by atoms with Gasteiger partial charge in [-0.05, 0) is 57.4 Å². The second-order valence-electron chi connectivity index (χ2n) is 14.0. The Kier molecular flexibility index (Phi) is 14.2. The van der Waals surface area contributed by atoms with Crippen molar-refractivity contribution in [3.05, 3.63) is 71.9 Å². The molecule has 1 amide bonds. The van der Waals surface area contributed by atoms with Crippen LogP contribution in [0, 0.1) is 0 Å². The zero-order valence-corrected chi connectivity index (χ0v) is 31.5. The number of hydrogen-bond donors (Lipinski definition) is 1. The van der Waals surface area contributed by atoms with Gasteiger partial charge in [0.15, 0.2) is 5.78 Å². The van der Waals surface area contributed by atoms with Gasteiger partial charge in [0, 0.05) is 58.8 Å². The molecular formula is C38H57N5O5S2. The molecule has 0 spiro atoms. The van der Waals surface area contributed by atoms with Gasteiger partial charge >= 0.3 is 6.09 Å². The first-order valence-electron chi connectivity index (χ1n) is 17.5. The van der Waals surface area contributed by atoms with Crippen molar-refractivity contribution in [3.8, 4) is 10.4 Å². The van der Waals surface area contributed by atoms with Gasteiger partial charge in [-0.1, -0.05) is 75.4 Å². The fraction of sp³-hybridized carbons (Fsp3) is 0.500. The number of rotatable bonds is 7. The van der Waals surface area contributed by atoms with Crippen LogP contribution in [0.2, 0.25) is 0 Å². The summed E-state index contributed by atoms with van der Waals surface area (Å²) in [6, 6.07) is 15.8. The van der Waals surface area contributed by atoms with E-state index in [0.717, 1.165) is 47.0 Å². The highest BCUT2D eigenvalue weighted by Crippen LogP contribution is 2.39. The van der Waals surface area contributed by atoms with E-state index in [9.17, 15) is 13.8 Å². The monoisotopic (exact) mass is 727 g/mol. The Morgan fingerprint density at radius 3 is 2.26 bits per heavy atom. The Hall–Kier alpha value is -3.58. The van der Waals surface area contributed by atoms with Crippen LogP contribution < -0.4 is 15.1 Å². The highest BCUT2D eigenvalue weighted by atomic mass is 32.2. The summed E-state index contributed by atoms with van der Waals surface area (Å²) in [5.74, 6) is 0.807. The Morgan fingerprint density at radius 1 is 1.00 bits per heavy atom. The number of nitrogens with zero attached hydrogens (tertiary/aromatic N) is 4. The van der Waals surface area contributed by atoms with E-state index in [1.807, 2.05) is 67.5 Å². The minimum Gasteiger partial charge on any atom is -0.444 e. The second kappa shape index (κ2) is 18.1. The van der Waals surface area contributed by atoms with Crippen molar-refractivity contribution in [3.63, 3.8) is 0 Å². The summed E-state index contributed by atoms with van der Waals surface area (Å²) >= 11 is 1.49. The zero-order chi connectivity index (χ0) is 35.0. The standard InChI is InChI=1S/C32H39N5O4S2.C6H12.H2O.2H2/c1-22-20-36(16-17-37(22)27-18-28(42-30(27)23(2)38)24-10-7-6-8-11-24)43(40)26-13-14-29(33-19-26)35-15-9-12-25(21-35)34-31(39)41-32(3,4)5;1-2-4-6-5-3-1;;;/h6-8,10-11,13-14,18-19,25H,1,9,12,15-17,20-21H2,2-5H3,(H,34,39);1-6H2;1H2;2*1H/t25-,43?;;;;/m0..../s1. The Morgan fingerprint density at radius 2 is 1.68 bits per heavy atom. The van der Waals surface area contributed by atoms with Crippen molar-refractivity contribution in [1.29, 1.82) is 0 Å². The fourth-order valence-corrected chi connectivity index (χ4v) is 8.60. The molecule has 1 unspecified atom stereocenters. The molecule has 3 aliphatic rings. The quantitative estimate of drug-likeness (QED) is 0.246. The summed E-state index contributed by atoms with van der Waals surface area (Å²) in [5, 5.41) is 2.97. The number of anilines is 2. The summed E-state index contributed by atoms with van der Waals surface area (Å²) in [7, 11) is -1.41. The van der Waals surface area contributed by atoms with Gasteiger partial charge in [-0.2, -0.15) is 0 Å². The number of carbonyl (C=O) groups excluding carboxylic acids is 2. The van der Waals surface area contributed by atoms with Crippen LogP contribution in [0.3, 0.4) is 0 Å². The van der Waals surface area contributed by atoms with Crippen LogP contribution >= 0.6 is 11.3 Å². The van der Waals surface area contributed by atoms with Crippen LogP contribution in [0.1, 0.15) is 91.6 Å². The van der Waals surface area contributed by atoms with Crippen molar-refractivity contribution in [1.82, 2.24) is 14.6 Å². The number of amides is 1. The summed E-state index contributed by atoms with van der Waals surface area (Å²) in [5.41, 5.74) is 2.18. The van der Waals surface area contributed by atoms with Crippen LogP contribution in [0.25, 0.3) is 10.4 Å². The van der Waals surface area contributed by atoms with Crippen LogP contribution in [0.15, 0.2) is 71.9 Å². The molecule has 0 bridgehead atoms. The summed E-state index contributed by atoms with van der Waals surface area (Å²) in [4.78, 5) is 36.0. The van der Waals surface area contributed by atoms with Gasteiger partial charge < -0.3 is 25.3 Å². The van der Waals surface area contributed by atoms with E-state index in [1.165, 1.54) is 49.9 Å². The number of ether oxygens (including phenoxy) is 1. The van der Waals surface area contributed by atoms with Crippen molar-refractivity contribution >= 4 is 45.7 Å². The number of ketones is 1. The number of aromatic nitrogens is 1. The van der Waals surface area contributed by atoms with E-state index >= 15 is 0 Å². The lowest BCUT2D eigenvalue weighted by atomic mass is 10.0. The van der Waals surface area contributed by atoms with Crippen molar-refractivity contribution in [2.24, 2.45) is 0 Å². The normalized spacial score (nSPS) is 19.0. The van der Waals surface area contributed by atoms with E-state index in [0.29, 0.717) is 36.0 Å². The van der Waals surface area contributed by atoms with E-state index < -0.39 is 22.7 Å². The summed E-state index contributed by atoms with van der Waals surface area (Å²) < 4.78 is 20.8. The number of benzene rings is 1. The number of nitrogens with one attached hydrogen (secondary N) is 1. The average Bonchev–Trinajstić information content (AvgIpc) is 3.54. The molecule has 2 saturated heterocycles. The number of piperidine rings is 1. The topological polar surface area (TPSA) is 127 Å². The average molecular weight is 728 g/mol. The lowest BCUT2D eigenvalue weighted by Crippen LogP contribution is -2.49. The molecule has 10 nitrogen and oxygen atoms in total. The molecular weight excluding hydrogens is 671 g/mol. The Labute approximate surface area is 306 Å². The third-order valence-electron chi connectivity index (χ3n) is 8.82. The highest BCUT2D eigenvalue weighted by molar-refractivity contribution is 7.82. The van der Waals surface area contributed by atoms with Gasteiger partial charge in [-0.3, -0.25) is 4.79 Å². The molecule has 3 aromatic rings. The maximum atomic E-state index is 13.5. The predicted molar refractivity (Wildman–Crippen MR) is 209 cm³/mol. The molecule has 4 heterocycles. The molecule has 2 aliphatic heterocycles. The molecule has 0 radical (unpaired) electrons. The molecule has 50 heavy (non-hydrogen) atoms. The number of piperazine rings is 1. The molecule has 1 saturated carbocycles. The molecule has 6 rings (SSSR count). The smallest absolute Gasteiger partial charge is 0.407 e. The van der Waals surface area contributed by atoms with Gasteiger partial charge in [-0.15, -0.1) is 11.3 Å². The lowest BCUT2D eigenvalue weighted by molar-refractivity contribution is 0.0499. The van der Waals surface area contributed by atoms with E-state index in [1.54, 1.807) is 13.1 Å². The third-order valence-corrected chi connectivity index (χ3v) is 11.5. The number of Topliss-reactive ketones (excluding diaryl/α,β-unsaturated/α-hetero) is 1. The van der Waals surface area contributed by atoms with Crippen LogP contribution in [0.4, 0.5) is 16.3 Å². The van der Waals surface area contributed by atoms with Crippen molar-refractivity contribution in [2.45, 2.75) is 95.6 Å². The Bertz CT molecular complexity index is 1600. The maximum Gasteiger partial charge on any atom is 0.407 e. The van der Waals surface area contributed by atoms with Gasteiger partial charge in [-0.25, -0.2) is 18.3 Å². The van der Waals surface area contributed by atoms with Crippen LogP contribution in [-0.2, 0) is 15.7 Å².